The van der Waals surface area contributed by atoms with Gasteiger partial charge < -0.3 is 15.6 Å². The quantitative estimate of drug-likeness (QED) is 0.523. The van der Waals surface area contributed by atoms with Crippen LogP contribution in [0.4, 0.5) is 11.6 Å². The van der Waals surface area contributed by atoms with Gasteiger partial charge in [-0.3, -0.25) is 4.79 Å². The van der Waals surface area contributed by atoms with Gasteiger partial charge in [-0.1, -0.05) is 0 Å². The molecule has 1 saturated carbocycles. The van der Waals surface area contributed by atoms with Crippen molar-refractivity contribution in [3.8, 4) is 0 Å². The van der Waals surface area contributed by atoms with Gasteiger partial charge in [0.05, 0.1) is 0 Å². The van der Waals surface area contributed by atoms with E-state index in [4.69, 9.17) is 5.84 Å². The average molecular weight is 262 g/mol. The molecule has 1 aromatic heterocycles. The van der Waals surface area contributed by atoms with Crippen molar-refractivity contribution in [3.05, 3.63) is 11.9 Å². The lowest BCUT2D eigenvalue weighted by Crippen LogP contribution is -2.29. The predicted octanol–water partition coefficient (Wildman–Crippen LogP) is -0.0341. The van der Waals surface area contributed by atoms with Crippen molar-refractivity contribution in [2.24, 2.45) is 5.84 Å². The molecular weight excluding hydrogens is 244 g/mol. The Morgan fingerprint density at radius 3 is 2.95 bits per heavy atom. The minimum absolute atomic E-state index is 0.0937. The van der Waals surface area contributed by atoms with Gasteiger partial charge in [-0.15, -0.1) is 0 Å². The Balaban J connectivity index is 1.85. The molecule has 7 heteroatoms. The van der Waals surface area contributed by atoms with Gasteiger partial charge in [-0.05, 0) is 12.8 Å². The number of hydrogen-bond donors (Lipinski definition) is 3. The van der Waals surface area contributed by atoms with Crippen LogP contribution in [0.5, 0.6) is 0 Å². The summed E-state index contributed by atoms with van der Waals surface area (Å²) in [6.07, 6.45) is 2.79. The number of aromatic nitrogens is 2. The lowest BCUT2D eigenvalue weighted by Gasteiger charge is -2.21. The summed E-state index contributed by atoms with van der Waals surface area (Å²) in [5, 5.41) is 2.86. The first-order chi connectivity index (χ1) is 9.26. The van der Waals surface area contributed by atoms with E-state index in [9.17, 15) is 4.79 Å². The van der Waals surface area contributed by atoms with Crippen molar-refractivity contribution in [1.29, 1.82) is 0 Å². The molecular formula is C12H18N6O. The Morgan fingerprint density at radius 2 is 2.21 bits per heavy atom. The first kappa shape index (κ1) is 12.2. The van der Waals surface area contributed by atoms with E-state index < -0.39 is 0 Å². The fraction of sp³-hybridized carbons (Fsp3) is 0.583. The van der Waals surface area contributed by atoms with Gasteiger partial charge in [0.15, 0.2) is 0 Å². The smallest absolute Gasteiger partial charge is 0.221 e. The van der Waals surface area contributed by atoms with Crippen molar-refractivity contribution < 1.29 is 4.79 Å². The number of carbonyl (C=O) groups is 1. The maximum absolute atomic E-state index is 11.4. The van der Waals surface area contributed by atoms with Crippen molar-refractivity contribution in [3.63, 3.8) is 0 Å². The molecule has 1 aliphatic carbocycles. The highest BCUT2D eigenvalue weighted by Crippen LogP contribution is 2.39. The molecule has 102 valence electrons. The molecule has 0 aromatic carbocycles. The predicted molar refractivity (Wildman–Crippen MR) is 71.7 cm³/mol. The Labute approximate surface area is 111 Å². The molecule has 0 spiro atoms. The number of nitrogens with zero attached hydrogens (tertiary/aromatic N) is 3. The molecule has 0 atom stereocenters. The second-order valence-electron chi connectivity index (χ2n) is 4.98. The van der Waals surface area contributed by atoms with Crippen LogP contribution < -0.4 is 21.5 Å². The number of nitrogens with one attached hydrogen (secondary N) is 2. The van der Waals surface area contributed by atoms with Gasteiger partial charge in [-0.25, -0.2) is 15.8 Å². The summed E-state index contributed by atoms with van der Waals surface area (Å²) in [6.45, 7) is 2.08. The Kier molecular flexibility index (Phi) is 3.20. The molecule has 2 aliphatic rings. The van der Waals surface area contributed by atoms with E-state index in [1.165, 1.54) is 0 Å². The molecule has 2 fully saturated rings. The third kappa shape index (κ3) is 2.76. The monoisotopic (exact) mass is 262 g/mol. The highest BCUT2D eigenvalue weighted by Gasteiger charge is 2.28. The molecule has 7 nitrogen and oxygen atoms in total. The van der Waals surface area contributed by atoms with Gasteiger partial charge >= 0.3 is 0 Å². The minimum atomic E-state index is 0.0937. The van der Waals surface area contributed by atoms with Crippen LogP contribution in [0.1, 0.15) is 31.0 Å². The summed E-state index contributed by atoms with van der Waals surface area (Å²) in [5.41, 5.74) is 2.59. The number of hydrazine groups is 1. The van der Waals surface area contributed by atoms with Crippen LogP contribution in [-0.2, 0) is 4.79 Å². The summed E-state index contributed by atoms with van der Waals surface area (Å²) < 4.78 is 0. The van der Waals surface area contributed by atoms with Crippen molar-refractivity contribution >= 4 is 17.5 Å². The lowest BCUT2D eigenvalue weighted by atomic mass is 10.3. The largest absolute Gasteiger partial charge is 0.354 e. The standard InChI is InChI=1S/C12H18N6O/c13-17-9-7-10(16-12(15-9)8-1-2-8)18-5-3-11(19)14-4-6-18/h7-8H,1-6,13H2,(H,14,19)(H,15,16,17). The van der Waals surface area contributed by atoms with Gasteiger partial charge in [0.25, 0.3) is 0 Å². The molecule has 1 saturated heterocycles. The van der Waals surface area contributed by atoms with Crippen LogP contribution in [0.25, 0.3) is 0 Å². The number of nitrogens with two attached hydrogens (primary N) is 1. The second-order valence-corrected chi connectivity index (χ2v) is 4.98. The number of nitrogen functional groups attached to an aromatic ring is 1. The average Bonchev–Trinajstić information content (AvgIpc) is 3.25. The zero-order valence-corrected chi connectivity index (χ0v) is 10.7. The molecule has 19 heavy (non-hydrogen) atoms. The minimum Gasteiger partial charge on any atom is -0.354 e. The number of hydrogen-bond acceptors (Lipinski definition) is 6. The first-order valence-electron chi connectivity index (χ1n) is 6.63. The Morgan fingerprint density at radius 1 is 1.37 bits per heavy atom. The van der Waals surface area contributed by atoms with Crippen molar-refractivity contribution in [2.75, 3.05) is 30.0 Å². The van der Waals surface area contributed by atoms with Gasteiger partial charge in [0.1, 0.15) is 17.5 Å². The molecule has 4 N–H and O–H groups in total. The first-order valence-corrected chi connectivity index (χ1v) is 6.63. The van der Waals surface area contributed by atoms with Crippen molar-refractivity contribution in [2.45, 2.75) is 25.2 Å². The molecule has 1 aromatic rings. The van der Waals surface area contributed by atoms with Crippen LogP contribution in [0.15, 0.2) is 6.07 Å². The SMILES string of the molecule is NNc1cc(N2CCNC(=O)CC2)nc(C2CC2)n1. The van der Waals surface area contributed by atoms with E-state index in [1.54, 1.807) is 0 Å². The summed E-state index contributed by atoms with van der Waals surface area (Å²) in [7, 11) is 0. The third-order valence-corrected chi connectivity index (χ3v) is 3.46. The molecule has 1 aliphatic heterocycles. The molecule has 0 bridgehead atoms. The van der Waals surface area contributed by atoms with Crippen LogP contribution in [0.3, 0.4) is 0 Å². The van der Waals surface area contributed by atoms with Crippen LogP contribution in [-0.4, -0.2) is 35.5 Å². The second kappa shape index (κ2) is 5.00. The topological polar surface area (TPSA) is 96.2 Å². The third-order valence-electron chi connectivity index (χ3n) is 3.46. The summed E-state index contributed by atoms with van der Waals surface area (Å²) in [5.74, 6) is 8.37. The van der Waals surface area contributed by atoms with Gasteiger partial charge in [0, 0.05) is 38.0 Å². The maximum Gasteiger partial charge on any atom is 0.221 e. The lowest BCUT2D eigenvalue weighted by molar-refractivity contribution is -0.120. The van der Waals surface area contributed by atoms with Crippen LogP contribution in [0, 0.1) is 0 Å². The normalized spacial score (nSPS) is 19.8. The van der Waals surface area contributed by atoms with Crippen molar-refractivity contribution in [1.82, 2.24) is 15.3 Å². The van der Waals surface area contributed by atoms with E-state index in [-0.39, 0.29) is 5.91 Å². The van der Waals surface area contributed by atoms with E-state index in [0.717, 1.165) is 31.0 Å². The van der Waals surface area contributed by atoms with E-state index >= 15 is 0 Å². The van der Waals surface area contributed by atoms with Gasteiger partial charge in [-0.2, -0.15) is 0 Å². The molecule has 0 unspecified atom stereocenters. The Bertz CT molecular complexity index is 487. The van der Waals surface area contributed by atoms with Crippen LogP contribution in [0.2, 0.25) is 0 Å². The number of carbonyl (C=O) groups excluding carboxylic acids is 1. The fourth-order valence-corrected chi connectivity index (χ4v) is 2.21. The van der Waals surface area contributed by atoms with Crippen LogP contribution >= 0.6 is 0 Å². The summed E-state index contributed by atoms with van der Waals surface area (Å²) in [4.78, 5) is 22.5. The van der Waals surface area contributed by atoms with E-state index in [0.29, 0.717) is 31.2 Å². The van der Waals surface area contributed by atoms with E-state index in [1.807, 2.05) is 6.07 Å². The number of anilines is 2. The summed E-state index contributed by atoms with van der Waals surface area (Å²) in [6, 6.07) is 1.83. The maximum atomic E-state index is 11.4. The molecule has 3 rings (SSSR count). The number of rotatable bonds is 3. The zero-order chi connectivity index (χ0) is 13.2. The van der Waals surface area contributed by atoms with E-state index in [2.05, 4.69) is 25.6 Å². The fourth-order valence-electron chi connectivity index (χ4n) is 2.21. The zero-order valence-electron chi connectivity index (χ0n) is 10.7. The molecule has 1 amide bonds. The highest BCUT2D eigenvalue weighted by molar-refractivity contribution is 5.77. The Hall–Kier alpha value is -1.89. The summed E-state index contributed by atoms with van der Waals surface area (Å²) >= 11 is 0. The number of amides is 1. The van der Waals surface area contributed by atoms with Gasteiger partial charge in [0.2, 0.25) is 5.91 Å². The molecule has 2 heterocycles. The molecule has 0 radical (unpaired) electrons. The highest BCUT2D eigenvalue weighted by atomic mass is 16.1.